The molecule has 0 bridgehead atoms. The number of aromatic carboxylic acids is 1. The Hall–Kier alpha value is -2.69. The zero-order valence-electron chi connectivity index (χ0n) is 13.1. The Labute approximate surface area is 135 Å². The first-order chi connectivity index (χ1) is 11.2. The molecule has 0 unspecified atom stereocenters. The number of rotatable bonds is 4. The van der Waals surface area contributed by atoms with Crippen molar-refractivity contribution in [3.8, 4) is 5.75 Å². The van der Waals surface area contributed by atoms with Gasteiger partial charge in [0.15, 0.2) is 0 Å². The lowest BCUT2D eigenvalue weighted by atomic mass is 10.1. The Bertz CT molecular complexity index is 694. The quantitative estimate of drug-likeness (QED) is 0.941. The molecule has 2 aromatic carbocycles. The molecule has 5 heteroatoms. The van der Waals surface area contributed by atoms with E-state index in [9.17, 15) is 4.79 Å². The third-order valence-corrected chi connectivity index (χ3v) is 4.16. The van der Waals surface area contributed by atoms with Crippen LogP contribution in [0.15, 0.2) is 48.5 Å². The van der Waals surface area contributed by atoms with Crippen LogP contribution >= 0.6 is 0 Å². The molecule has 0 amide bonds. The third-order valence-electron chi connectivity index (χ3n) is 4.16. The van der Waals surface area contributed by atoms with Gasteiger partial charge in [0.25, 0.3) is 0 Å². The van der Waals surface area contributed by atoms with Crippen molar-refractivity contribution in [2.45, 2.75) is 0 Å². The van der Waals surface area contributed by atoms with E-state index in [2.05, 4.69) is 15.9 Å². The highest BCUT2D eigenvalue weighted by atomic mass is 16.5. The first-order valence-electron chi connectivity index (χ1n) is 7.65. The highest BCUT2D eigenvalue weighted by Gasteiger charge is 2.20. The molecule has 23 heavy (non-hydrogen) atoms. The molecule has 1 heterocycles. The number of anilines is 2. The van der Waals surface area contributed by atoms with E-state index in [1.165, 1.54) is 0 Å². The van der Waals surface area contributed by atoms with Gasteiger partial charge in [-0.1, -0.05) is 18.2 Å². The van der Waals surface area contributed by atoms with Crippen molar-refractivity contribution in [2.75, 3.05) is 43.1 Å². The third kappa shape index (κ3) is 3.23. The van der Waals surface area contributed by atoms with Crippen LogP contribution in [-0.4, -0.2) is 44.4 Å². The molecular weight excluding hydrogens is 292 g/mol. The van der Waals surface area contributed by atoms with Crippen LogP contribution in [-0.2, 0) is 0 Å². The lowest BCUT2D eigenvalue weighted by Crippen LogP contribution is -2.46. The smallest absolute Gasteiger partial charge is 0.335 e. The number of methoxy groups -OCH3 is 1. The predicted octanol–water partition coefficient (Wildman–Crippen LogP) is 2.72. The van der Waals surface area contributed by atoms with Crippen molar-refractivity contribution in [3.05, 3.63) is 54.1 Å². The summed E-state index contributed by atoms with van der Waals surface area (Å²) in [6.45, 7) is 3.44. The van der Waals surface area contributed by atoms with Crippen LogP contribution in [0.1, 0.15) is 10.4 Å². The number of hydrogen-bond donors (Lipinski definition) is 1. The van der Waals surface area contributed by atoms with E-state index in [-0.39, 0.29) is 0 Å². The van der Waals surface area contributed by atoms with Gasteiger partial charge in [-0.25, -0.2) is 4.79 Å². The van der Waals surface area contributed by atoms with Crippen LogP contribution in [0.3, 0.4) is 0 Å². The Morgan fingerprint density at radius 2 is 1.70 bits per heavy atom. The first kappa shape index (κ1) is 15.2. The zero-order valence-corrected chi connectivity index (χ0v) is 13.1. The maximum absolute atomic E-state index is 11.1. The monoisotopic (exact) mass is 312 g/mol. The van der Waals surface area contributed by atoms with Gasteiger partial charge in [-0.3, -0.25) is 0 Å². The number of nitrogens with zero attached hydrogens (tertiary/aromatic N) is 2. The second-order valence-electron chi connectivity index (χ2n) is 5.50. The molecule has 1 fully saturated rings. The summed E-state index contributed by atoms with van der Waals surface area (Å²) in [6.07, 6.45) is 0. The molecule has 5 nitrogen and oxygen atoms in total. The van der Waals surface area contributed by atoms with E-state index in [0.29, 0.717) is 5.56 Å². The number of hydrogen-bond acceptors (Lipinski definition) is 4. The molecule has 1 N–H and O–H groups in total. The fourth-order valence-corrected chi connectivity index (χ4v) is 2.93. The summed E-state index contributed by atoms with van der Waals surface area (Å²) in [7, 11) is 1.69. The molecule has 1 aliphatic heterocycles. The summed E-state index contributed by atoms with van der Waals surface area (Å²) in [6, 6.07) is 15.1. The summed E-state index contributed by atoms with van der Waals surface area (Å²) in [4.78, 5) is 15.6. The van der Waals surface area contributed by atoms with Gasteiger partial charge in [0.1, 0.15) is 5.75 Å². The summed E-state index contributed by atoms with van der Waals surface area (Å²) in [5, 5.41) is 9.12. The number of benzene rings is 2. The van der Waals surface area contributed by atoms with Gasteiger partial charge < -0.3 is 19.6 Å². The number of ether oxygens (including phenoxy) is 1. The van der Waals surface area contributed by atoms with E-state index >= 15 is 0 Å². The summed E-state index contributed by atoms with van der Waals surface area (Å²) in [5.74, 6) is -0.00617. The molecule has 0 aromatic heterocycles. The fourth-order valence-electron chi connectivity index (χ4n) is 2.93. The number of para-hydroxylation sites is 2. The van der Waals surface area contributed by atoms with Crippen LogP contribution in [0.5, 0.6) is 5.75 Å². The fraction of sp³-hybridized carbons (Fsp3) is 0.278. The predicted molar refractivity (Wildman–Crippen MR) is 90.8 cm³/mol. The maximum Gasteiger partial charge on any atom is 0.335 e. The molecular formula is C18H20N2O3. The molecule has 0 radical (unpaired) electrons. The number of carbonyl (C=O) groups is 1. The van der Waals surface area contributed by atoms with Gasteiger partial charge in [0, 0.05) is 31.9 Å². The Morgan fingerprint density at radius 3 is 2.39 bits per heavy atom. The van der Waals surface area contributed by atoms with E-state index in [4.69, 9.17) is 9.84 Å². The van der Waals surface area contributed by atoms with E-state index in [1.54, 1.807) is 25.3 Å². The van der Waals surface area contributed by atoms with Crippen LogP contribution in [0.25, 0.3) is 0 Å². The molecule has 0 atom stereocenters. The van der Waals surface area contributed by atoms with Crippen LogP contribution in [0.4, 0.5) is 11.4 Å². The number of carboxylic acid groups (broad SMARTS) is 1. The van der Waals surface area contributed by atoms with Gasteiger partial charge in [0.2, 0.25) is 0 Å². The topological polar surface area (TPSA) is 53.0 Å². The molecule has 2 aromatic rings. The average molecular weight is 312 g/mol. The molecule has 0 aliphatic carbocycles. The molecule has 0 spiro atoms. The molecule has 3 rings (SSSR count). The minimum absolute atomic E-state index is 0.328. The van der Waals surface area contributed by atoms with Crippen molar-refractivity contribution in [1.82, 2.24) is 0 Å². The largest absolute Gasteiger partial charge is 0.495 e. The van der Waals surface area contributed by atoms with Gasteiger partial charge in [-0.05, 0) is 30.3 Å². The number of carboxylic acids is 1. The van der Waals surface area contributed by atoms with Gasteiger partial charge in [0.05, 0.1) is 18.4 Å². The van der Waals surface area contributed by atoms with Crippen LogP contribution < -0.4 is 14.5 Å². The minimum atomic E-state index is -0.889. The van der Waals surface area contributed by atoms with Gasteiger partial charge >= 0.3 is 5.97 Å². The lowest BCUT2D eigenvalue weighted by molar-refractivity contribution is 0.0697. The molecule has 0 saturated carbocycles. The first-order valence-corrected chi connectivity index (χ1v) is 7.65. The highest BCUT2D eigenvalue weighted by molar-refractivity contribution is 5.88. The minimum Gasteiger partial charge on any atom is -0.495 e. The van der Waals surface area contributed by atoms with Crippen molar-refractivity contribution in [3.63, 3.8) is 0 Å². The van der Waals surface area contributed by atoms with Crippen molar-refractivity contribution >= 4 is 17.3 Å². The summed E-state index contributed by atoms with van der Waals surface area (Å²) >= 11 is 0. The zero-order chi connectivity index (χ0) is 16.2. The van der Waals surface area contributed by atoms with Crippen molar-refractivity contribution in [1.29, 1.82) is 0 Å². The molecule has 1 saturated heterocycles. The Balaban J connectivity index is 1.71. The Kier molecular flexibility index (Phi) is 4.37. The molecule has 120 valence electrons. The average Bonchev–Trinajstić information content (AvgIpc) is 2.62. The summed E-state index contributed by atoms with van der Waals surface area (Å²) in [5.41, 5.74) is 2.40. The standard InChI is InChI=1S/C18H20N2O3/c1-23-17-8-3-2-7-16(17)20-11-9-19(10-12-20)15-6-4-5-14(13-15)18(21)22/h2-8,13H,9-12H2,1H3,(H,21,22). The van der Waals surface area contributed by atoms with Crippen molar-refractivity contribution < 1.29 is 14.6 Å². The van der Waals surface area contributed by atoms with Crippen LogP contribution in [0.2, 0.25) is 0 Å². The normalized spacial score (nSPS) is 14.7. The Morgan fingerprint density at radius 1 is 1.00 bits per heavy atom. The van der Waals surface area contributed by atoms with Gasteiger partial charge in [-0.2, -0.15) is 0 Å². The van der Waals surface area contributed by atoms with Crippen LogP contribution in [0, 0.1) is 0 Å². The molecule has 1 aliphatic rings. The van der Waals surface area contributed by atoms with Gasteiger partial charge in [-0.15, -0.1) is 0 Å². The number of piperazine rings is 1. The van der Waals surface area contributed by atoms with Crippen molar-refractivity contribution in [2.24, 2.45) is 0 Å². The maximum atomic E-state index is 11.1. The highest BCUT2D eigenvalue weighted by Crippen LogP contribution is 2.29. The SMILES string of the molecule is COc1ccccc1N1CCN(c2cccc(C(=O)O)c2)CC1. The van der Waals surface area contributed by atoms with E-state index in [0.717, 1.165) is 43.3 Å². The van der Waals surface area contributed by atoms with E-state index in [1.807, 2.05) is 24.3 Å². The summed E-state index contributed by atoms with van der Waals surface area (Å²) < 4.78 is 5.43. The van der Waals surface area contributed by atoms with E-state index < -0.39 is 5.97 Å². The lowest BCUT2D eigenvalue weighted by Gasteiger charge is -2.37. The second-order valence-corrected chi connectivity index (χ2v) is 5.50. The second kappa shape index (κ2) is 6.60.